The normalized spacial score (nSPS) is 40.8. The maximum atomic E-state index is 6.35. The van der Waals surface area contributed by atoms with E-state index in [4.69, 9.17) is 23.2 Å². The van der Waals surface area contributed by atoms with Crippen LogP contribution in [0.25, 0.3) is 0 Å². The fourth-order valence-electron chi connectivity index (χ4n) is 2.79. The molecule has 3 rings (SSSR count). The summed E-state index contributed by atoms with van der Waals surface area (Å²) in [4.78, 5) is 0. The largest absolute Gasteiger partial charge is 0.122 e. The summed E-state index contributed by atoms with van der Waals surface area (Å²) in [6, 6.07) is 8.53. The fourth-order valence-corrected chi connectivity index (χ4v) is 3.89. The van der Waals surface area contributed by atoms with Gasteiger partial charge in [0.1, 0.15) is 0 Å². The topological polar surface area (TPSA) is 0 Å². The molecule has 0 radical (unpaired) electrons. The molecule has 0 unspecified atom stereocenters. The molecule has 0 nitrogen and oxygen atoms in total. The van der Waals surface area contributed by atoms with Crippen LogP contribution < -0.4 is 0 Å². The Morgan fingerprint density at radius 1 is 1.08 bits per heavy atom. The van der Waals surface area contributed by atoms with Gasteiger partial charge in [-0.15, -0.1) is 23.2 Å². The van der Waals surface area contributed by atoms with Crippen molar-refractivity contribution in [1.29, 1.82) is 0 Å². The average molecular weight is 213 g/mol. The smallest absolute Gasteiger partial charge is 0.0488 e. The summed E-state index contributed by atoms with van der Waals surface area (Å²) in [7, 11) is 0. The van der Waals surface area contributed by atoms with Gasteiger partial charge < -0.3 is 0 Å². The standard InChI is InChI=1S/C11H10Cl2/c12-9-5-8-6-3-1-2-4-7(6)10(9)11(8)13/h1-4,8-11H,5H2/t8-,9-,10-,11+/m1/s1. The van der Waals surface area contributed by atoms with Gasteiger partial charge in [-0.1, -0.05) is 24.3 Å². The first-order chi connectivity index (χ1) is 6.29. The lowest BCUT2D eigenvalue weighted by Crippen LogP contribution is -2.10. The molecular weight excluding hydrogens is 203 g/mol. The molecule has 0 N–H and O–H groups in total. The summed E-state index contributed by atoms with van der Waals surface area (Å²) >= 11 is 12.6. The number of rotatable bonds is 0. The minimum Gasteiger partial charge on any atom is -0.122 e. The Kier molecular flexibility index (Phi) is 1.66. The van der Waals surface area contributed by atoms with Crippen molar-refractivity contribution in [3.63, 3.8) is 0 Å². The zero-order chi connectivity index (χ0) is 9.00. The van der Waals surface area contributed by atoms with Crippen molar-refractivity contribution in [2.45, 2.75) is 29.0 Å². The Morgan fingerprint density at radius 2 is 1.77 bits per heavy atom. The van der Waals surface area contributed by atoms with Gasteiger partial charge >= 0.3 is 0 Å². The maximum absolute atomic E-state index is 6.35. The predicted molar refractivity (Wildman–Crippen MR) is 55.8 cm³/mol. The number of benzene rings is 1. The van der Waals surface area contributed by atoms with Crippen molar-refractivity contribution in [1.82, 2.24) is 0 Å². The van der Waals surface area contributed by atoms with Crippen molar-refractivity contribution >= 4 is 23.2 Å². The van der Waals surface area contributed by atoms with E-state index in [0.29, 0.717) is 11.8 Å². The number of hydrogen-bond donors (Lipinski definition) is 0. The van der Waals surface area contributed by atoms with E-state index in [1.807, 2.05) is 0 Å². The molecule has 0 spiro atoms. The van der Waals surface area contributed by atoms with Crippen molar-refractivity contribution in [2.75, 3.05) is 0 Å². The van der Waals surface area contributed by atoms with Crippen LogP contribution in [0.15, 0.2) is 24.3 Å². The number of fused-ring (bicyclic) bond motifs is 5. The monoisotopic (exact) mass is 212 g/mol. The zero-order valence-electron chi connectivity index (χ0n) is 7.08. The molecule has 68 valence electrons. The number of hydrogen-bond acceptors (Lipinski definition) is 0. The van der Waals surface area contributed by atoms with Crippen LogP contribution in [-0.4, -0.2) is 10.8 Å². The second kappa shape index (κ2) is 2.65. The van der Waals surface area contributed by atoms with Gasteiger partial charge in [-0.05, 0) is 17.5 Å². The minimum absolute atomic E-state index is 0.236. The van der Waals surface area contributed by atoms with E-state index in [2.05, 4.69) is 24.3 Å². The van der Waals surface area contributed by atoms with Crippen LogP contribution in [-0.2, 0) is 0 Å². The van der Waals surface area contributed by atoms with Crippen molar-refractivity contribution in [3.8, 4) is 0 Å². The van der Waals surface area contributed by atoms with Crippen molar-refractivity contribution in [3.05, 3.63) is 35.4 Å². The highest BCUT2D eigenvalue weighted by Gasteiger charge is 2.49. The molecule has 0 heterocycles. The quantitative estimate of drug-likeness (QED) is 0.578. The summed E-state index contributed by atoms with van der Waals surface area (Å²) in [5, 5.41) is 0.488. The summed E-state index contributed by atoms with van der Waals surface area (Å²) in [5.41, 5.74) is 2.82. The predicted octanol–water partition coefficient (Wildman–Crippen LogP) is 3.49. The summed E-state index contributed by atoms with van der Waals surface area (Å²) in [6.07, 6.45) is 1.05. The number of alkyl halides is 2. The van der Waals surface area contributed by atoms with E-state index >= 15 is 0 Å². The molecule has 0 aromatic heterocycles. The third kappa shape index (κ3) is 0.936. The molecule has 2 aliphatic rings. The molecule has 2 bridgehead atoms. The van der Waals surface area contributed by atoms with Gasteiger partial charge in [-0.2, -0.15) is 0 Å². The van der Waals surface area contributed by atoms with E-state index < -0.39 is 0 Å². The molecule has 2 aliphatic carbocycles. The second-order valence-corrected chi connectivity index (χ2v) is 5.02. The molecule has 0 amide bonds. The van der Waals surface area contributed by atoms with Crippen LogP contribution in [0.2, 0.25) is 0 Å². The van der Waals surface area contributed by atoms with Gasteiger partial charge in [-0.25, -0.2) is 0 Å². The summed E-state index contributed by atoms with van der Waals surface area (Å²) in [6.45, 7) is 0. The SMILES string of the molecule is Cl[C@@H]1[C@@H]2c3ccccc3[C@H]1C[C@H]2Cl. The lowest BCUT2D eigenvalue weighted by Gasteiger charge is -2.18. The van der Waals surface area contributed by atoms with Crippen LogP contribution in [0.5, 0.6) is 0 Å². The van der Waals surface area contributed by atoms with Crippen molar-refractivity contribution < 1.29 is 0 Å². The molecule has 0 saturated heterocycles. The fraction of sp³-hybridized carbons (Fsp3) is 0.455. The van der Waals surface area contributed by atoms with E-state index in [1.54, 1.807) is 0 Å². The zero-order valence-corrected chi connectivity index (χ0v) is 8.59. The van der Waals surface area contributed by atoms with Gasteiger partial charge in [0.05, 0.1) is 0 Å². The Hall–Kier alpha value is -0.200. The number of halogens is 2. The van der Waals surface area contributed by atoms with Crippen LogP contribution in [0.1, 0.15) is 29.4 Å². The van der Waals surface area contributed by atoms with Crippen LogP contribution in [0.3, 0.4) is 0 Å². The Morgan fingerprint density at radius 3 is 2.54 bits per heavy atom. The van der Waals surface area contributed by atoms with E-state index in [-0.39, 0.29) is 10.8 Å². The molecule has 4 atom stereocenters. The van der Waals surface area contributed by atoms with Gasteiger partial charge in [0.25, 0.3) is 0 Å². The highest BCUT2D eigenvalue weighted by molar-refractivity contribution is 6.26. The summed E-state index contributed by atoms with van der Waals surface area (Å²) in [5.74, 6) is 0.898. The third-order valence-corrected chi connectivity index (χ3v) is 4.38. The molecule has 1 aromatic rings. The van der Waals surface area contributed by atoms with E-state index in [1.165, 1.54) is 11.1 Å². The molecule has 13 heavy (non-hydrogen) atoms. The Labute approximate surface area is 87.9 Å². The van der Waals surface area contributed by atoms with Gasteiger partial charge in [0.2, 0.25) is 0 Å². The molecule has 1 saturated carbocycles. The van der Waals surface area contributed by atoms with Crippen LogP contribution >= 0.6 is 23.2 Å². The van der Waals surface area contributed by atoms with E-state index in [9.17, 15) is 0 Å². The van der Waals surface area contributed by atoms with Crippen molar-refractivity contribution in [2.24, 2.45) is 0 Å². The molecule has 2 heteroatoms. The van der Waals surface area contributed by atoms with Crippen LogP contribution in [0, 0.1) is 0 Å². The average Bonchev–Trinajstić information content (AvgIpc) is 2.56. The molecule has 0 aliphatic heterocycles. The third-order valence-electron chi connectivity index (χ3n) is 3.35. The molecular formula is C11H10Cl2. The van der Waals surface area contributed by atoms with Gasteiger partial charge in [0.15, 0.2) is 0 Å². The lowest BCUT2D eigenvalue weighted by atomic mass is 9.92. The van der Waals surface area contributed by atoms with Gasteiger partial charge in [0, 0.05) is 22.6 Å². The van der Waals surface area contributed by atoms with E-state index in [0.717, 1.165) is 6.42 Å². The van der Waals surface area contributed by atoms with Gasteiger partial charge in [-0.3, -0.25) is 0 Å². The Balaban J connectivity index is 2.18. The first-order valence-corrected chi connectivity index (χ1v) is 5.53. The highest BCUT2D eigenvalue weighted by atomic mass is 35.5. The summed E-state index contributed by atoms with van der Waals surface area (Å²) < 4.78 is 0. The highest BCUT2D eigenvalue weighted by Crippen LogP contribution is 2.57. The molecule has 1 fully saturated rings. The first kappa shape index (κ1) is 8.14. The molecule has 1 aromatic carbocycles. The lowest BCUT2D eigenvalue weighted by molar-refractivity contribution is 0.726. The maximum Gasteiger partial charge on any atom is 0.0488 e. The minimum atomic E-state index is 0.236. The first-order valence-electron chi connectivity index (χ1n) is 4.66. The van der Waals surface area contributed by atoms with Crippen LogP contribution in [0.4, 0.5) is 0 Å². The second-order valence-electron chi connectivity index (χ2n) is 3.96. The Bertz CT molecular complexity index is 348.